The van der Waals surface area contributed by atoms with E-state index in [0.717, 1.165) is 37.0 Å². The molecule has 0 saturated carbocycles. The van der Waals surface area contributed by atoms with Gasteiger partial charge < -0.3 is 20.1 Å². The molecule has 2 aromatic rings. The van der Waals surface area contributed by atoms with Crippen LogP contribution in [0.1, 0.15) is 36.1 Å². The highest BCUT2D eigenvalue weighted by Crippen LogP contribution is 2.14. The quantitative estimate of drug-likeness (QED) is 0.320. The lowest BCUT2D eigenvalue weighted by Gasteiger charge is -2.25. The van der Waals surface area contributed by atoms with E-state index in [1.54, 1.807) is 14.2 Å². The molecule has 3 rings (SSSR count). The van der Waals surface area contributed by atoms with Crippen LogP contribution >= 0.6 is 24.0 Å². The average molecular weight is 514 g/mol. The predicted octanol–water partition coefficient (Wildman–Crippen LogP) is 2.26. The molecule has 1 atom stereocenters. The number of aromatic nitrogens is 3. The summed E-state index contributed by atoms with van der Waals surface area (Å²) in [6.07, 6.45) is 1.88. The minimum atomic E-state index is 0. The maximum Gasteiger partial charge on any atom is 0.191 e. The van der Waals surface area contributed by atoms with Gasteiger partial charge in [0.1, 0.15) is 12.4 Å². The van der Waals surface area contributed by atoms with Gasteiger partial charge in [-0.3, -0.25) is 4.99 Å². The van der Waals surface area contributed by atoms with Gasteiger partial charge in [-0.15, -0.1) is 24.0 Å². The molecule has 0 bridgehead atoms. The molecule has 0 radical (unpaired) electrons. The number of guanidine groups is 1. The van der Waals surface area contributed by atoms with Crippen LogP contribution in [0.3, 0.4) is 0 Å². The highest BCUT2D eigenvalue weighted by molar-refractivity contribution is 14.0. The summed E-state index contributed by atoms with van der Waals surface area (Å²) in [5, 5.41) is 11.4. The fourth-order valence-electron chi connectivity index (χ4n) is 3.32. The Balaban J connectivity index is 0.00000300. The van der Waals surface area contributed by atoms with Crippen LogP contribution in [0.2, 0.25) is 0 Å². The maximum atomic E-state index is 5.57. The number of hydrogen-bond donors (Lipinski definition) is 2. The van der Waals surface area contributed by atoms with Gasteiger partial charge in [0.25, 0.3) is 0 Å². The molecule has 0 saturated heterocycles. The average Bonchev–Trinajstić information content (AvgIpc) is 3.12. The Kier molecular flexibility index (Phi) is 9.82. The fourth-order valence-corrected chi connectivity index (χ4v) is 3.32. The van der Waals surface area contributed by atoms with Crippen LogP contribution in [0.25, 0.3) is 0 Å². The molecule has 1 aliphatic heterocycles. The molecule has 1 unspecified atom stereocenters. The van der Waals surface area contributed by atoms with Gasteiger partial charge >= 0.3 is 0 Å². The molecule has 29 heavy (non-hydrogen) atoms. The second-order valence-corrected chi connectivity index (χ2v) is 6.77. The van der Waals surface area contributed by atoms with Crippen LogP contribution < -0.4 is 10.6 Å². The highest BCUT2D eigenvalue weighted by Gasteiger charge is 2.22. The summed E-state index contributed by atoms with van der Waals surface area (Å²) in [5.41, 5.74) is 2.41. The first-order chi connectivity index (χ1) is 13.7. The van der Waals surface area contributed by atoms with E-state index >= 15 is 0 Å². The lowest BCUT2D eigenvalue weighted by molar-refractivity contribution is 0.133. The van der Waals surface area contributed by atoms with Gasteiger partial charge in [0.15, 0.2) is 11.8 Å². The molecule has 1 aromatic heterocycles. The molecule has 9 heteroatoms. The summed E-state index contributed by atoms with van der Waals surface area (Å²) in [5.74, 6) is 2.56. The highest BCUT2D eigenvalue weighted by atomic mass is 127. The number of rotatable bonds is 8. The number of fused-ring (bicyclic) bond motifs is 1. The van der Waals surface area contributed by atoms with Crippen LogP contribution in [0.4, 0.5) is 0 Å². The lowest BCUT2D eigenvalue weighted by atomic mass is 10.1. The summed E-state index contributed by atoms with van der Waals surface area (Å²) in [7, 11) is 3.45. The first kappa shape index (κ1) is 23.6. The van der Waals surface area contributed by atoms with E-state index < -0.39 is 0 Å². The number of nitrogens with one attached hydrogen (secondary N) is 2. The molecule has 0 fully saturated rings. The van der Waals surface area contributed by atoms with Gasteiger partial charge in [-0.2, -0.15) is 5.10 Å². The second kappa shape index (κ2) is 12.1. The van der Waals surface area contributed by atoms with Crippen molar-refractivity contribution in [2.45, 2.75) is 52.1 Å². The van der Waals surface area contributed by atoms with Gasteiger partial charge in [0.2, 0.25) is 0 Å². The van der Waals surface area contributed by atoms with Gasteiger partial charge in [0.05, 0.1) is 13.2 Å². The predicted molar refractivity (Wildman–Crippen MR) is 123 cm³/mol. The minimum Gasteiger partial charge on any atom is -0.377 e. The Morgan fingerprint density at radius 3 is 2.79 bits per heavy atom. The Morgan fingerprint density at radius 2 is 2.07 bits per heavy atom. The molecule has 0 spiro atoms. The summed E-state index contributed by atoms with van der Waals surface area (Å²) >= 11 is 0. The largest absolute Gasteiger partial charge is 0.377 e. The maximum absolute atomic E-state index is 5.57. The summed E-state index contributed by atoms with van der Waals surface area (Å²) in [6.45, 7) is 5.26. The number of hydrogen-bond acceptors (Lipinski definition) is 5. The number of halogens is 1. The Labute approximate surface area is 189 Å². The molecule has 1 aliphatic rings. The Bertz CT molecular complexity index is 795. The van der Waals surface area contributed by atoms with E-state index in [2.05, 4.69) is 37.8 Å². The fraction of sp³-hybridized carbons (Fsp3) is 0.550. The molecular formula is C20H31IN6O2. The monoisotopic (exact) mass is 514 g/mol. The number of nitrogens with zero attached hydrogens (tertiary/aromatic N) is 4. The van der Waals surface area contributed by atoms with Gasteiger partial charge in [-0.1, -0.05) is 24.3 Å². The van der Waals surface area contributed by atoms with Crippen LogP contribution in [-0.4, -0.2) is 47.5 Å². The Hall–Kier alpha value is -1.72. The molecule has 2 heterocycles. The van der Waals surface area contributed by atoms with Crippen molar-refractivity contribution in [2.75, 3.05) is 20.8 Å². The molecule has 2 N–H and O–H groups in total. The zero-order valence-electron chi connectivity index (χ0n) is 17.4. The molecule has 0 amide bonds. The third kappa shape index (κ3) is 6.65. The van der Waals surface area contributed by atoms with Crippen molar-refractivity contribution in [2.24, 2.45) is 4.99 Å². The van der Waals surface area contributed by atoms with Gasteiger partial charge in [-0.25, -0.2) is 9.67 Å². The molecular weight excluding hydrogens is 483 g/mol. The number of ether oxygens (including phenoxy) is 2. The van der Waals surface area contributed by atoms with Crippen molar-refractivity contribution in [1.82, 2.24) is 25.4 Å². The first-order valence-corrected chi connectivity index (χ1v) is 9.76. The number of aryl methyl sites for hydroxylation is 1. The van der Waals surface area contributed by atoms with Gasteiger partial charge in [0, 0.05) is 39.8 Å². The normalized spacial score (nSPS) is 16.1. The van der Waals surface area contributed by atoms with Gasteiger partial charge in [-0.05, 0) is 24.5 Å². The molecule has 160 valence electrons. The van der Waals surface area contributed by atoms with E-state index in [9.17, 15) is 0 Å². The summed E-state index contributed by atoms with van der Waals surface area (Å²) in [6, 6.07) is 8.57. The van der Waals surface area contributed by atoms with Crippen LogP contribution in [0, 0.1) is 0 Å². The zero-order chi connectivity index (χ0) is 19.8. The van der Waals surface area contributed by atoms with Crippen molar-refractivity contribution < 1.29 is 9.47 Å². The summed E-state index contributed by atoms with van der Waals surface area (Å²) in [4.78, 5) is 8.90. The minimum absolute atomic E-state index is 0. The molecule has 0 aliphatic carbocycles. The van der Waals surface area contributed by atoms with E-state index in [1.165, 1.54) is 11.1 Å². The lowest BCUT2D eigenvalue weighted by Crippen LogP contribution is -2.46. The number of benzene rings is 1. The third-order valence-corrected chi connectivity index (χ3v) is 4.77. The molecule has 1 aromatic carbocycles. The molecule has 8 nitrogen and oxygen atoms in total. The third-order valence-electron chi connectivity index (χ3n) is 4.77. The van der Waals surface area contributed by atoms with Crippen molar-refractivity contribution in [1.29, 1.82) is 0 Å². The first-order valence-electron chi connectivity index (χ1n) is 9.76. The van der Waals surface area contributed by atoms with Crippen LogP contribution in [0.15, 0.2) is 29.3 Å². The van der Waals surface area contributed by atoms with Crippen molar-refractivity contribution >= 4 is 29.9 Å². The van der Waals surface area contributed by atoms with E-state index in [0.29, 0.717) is 26.4 Å². The SMILES string of the molecule is CCOCc1ccccc1CNC(=NC)NC1CCc2nc(COC)nn2C1.I. The van der Waals surface area contributed by atoms with Crippen molar-refractivity contribution in [3.05, 3.63) is 47.0 Å². The summed E-state index contributed by atoms with van der Waals surface area (Å²) < 4.78 is 12.7. The Morgan fingerprint density at radius 1 is 1.28 bits per heavy atom. The topological polar surface area (TPSA) is 85.6 Å². The number of methoxy groups -OCH3 is 1. The van der Waals surface area contributed by atoms with Crippen LogP contribution in [-0.2, 0) is 42.2 Å². The van der Waals surface area contributed by atoms with E-state index in [-0.39, 0.29) is 30.0 Å². The van der Waals surface area contributed by atoms with Crippen molar-refractivity contribution in [3.8, 4) is 0 Å². The van der Waals surface area contributed by atoms with E-state index in [1.807, 2.05) is 23.7 Å². The number of aliphatic imine (C=N–C) groups is 1. The van der Waals surface area contributed by atoms with Crippen molar-refractivity contribution in [3.63, 3.8) is 0 Å². The zero-order valence-corrected chi connectivity index (χ0v) is 19.7. The standard InChI is InChI=1S/C20H30N6O2.HI/c1-4-28-13-16-8-6-5-7-15(16)11-22-20(21-2)23-17-9-10-19-24-18(14-27-3)25-26(19)12-17;/h5-8,17H,4,9-14H2,1-3H3,(H2,21,22,23);1H. The van der Waals surface area contributed by atoms with Crippen LogP contribution in [0.5, 0.6) is 0 Å². The van der Waals surface area contributed by atoms with E-state index in [4.69, 9.17) is 9.47 Å². The smallest absolute Gasteiger partial charge is 0.191 e. The second-order valence-electron chi connectivity index (χ2n) is 6.77.